The highest BCUT2D eigenvalue weighted by Crippen LogP contribution is 2.24. The van der Waals surface area contributed by atoms with Gasteiger partial charge in [0.2, 0.25) is 5.91 Å². The number of carbonyl (C=O) groups excluding carboxylic acids is 1. The Bertz CT molecular complexity index is 521. The van der Waals surface area contributed by atoms with Crippen LogP contribution in [0.4, 0.5) is 5.69 Å². The van der Waals surface area contributed by atoms with Crippen molar-refractivity contribution in [2.75, 3.05) is 17.7 Å². The molecular weight excluding hydrogens is 242 g/mol. The van der Waals surface area contributed by atoms with Gasteiger partial charge in [0.05, 0.1) is 6.26 Å². The van der Waals surface area contributed by atoms with E-state index in [-0.39, 0.29) is 11.7 Å². The van der Waals surface area contributed by atoms with E-state index in [9.17, 15) is 13.2 Å². The van der Waals surface area contributed by atoms with Crippen molar-refractivity contribution in [3.05, 3.63) is 24.3 Å². The van der Waals surface area contributed by atoms with E-state index in [1.165, 1.54) is 0 Å². The molecule has 92 valence electrons. The fourth-order valence-electron chi connectivity index (χ4n) is 1.78. The van der Waals surface area contributed by atoms with Crippen LogP contribution in [0.3, 0.4) is 0 Å². The van der Waals surface area contributed by atoms with Crippen LogP contribution < -0.4 is 9.08 Å². The first-order valence-electron chi connectivity index (χ1n) is 5.25. The predicted octanol–water partition coefficient (Wildman–Crippen LogP) is 1.15. The van der Waals surface area contributed by atoms with Crippen molar-refractivity contribution in [3.8, 4) is 5.75 Å². The number of anilines is 1. The number of nitrogens with zero attached hydrogens (tertiary/aromatic N) is 1. The summed E-state index contributed by atoms with van der Waals surface area (Å²) in [6.45, 7) is 0.713. The molecule has 0 N–H and O–H groups in total. The van der Waals surface area contributed by atoms with Crippen molar-refractivity contribution in [1.29, 1.82) is 0 Å². The SMILES string of the molecule is CS(=O)(=O)Oc1ccc(N2CCCC2=O)cc1. The van der Waals surface area contributed by atoms with Crippen LogP contribution in [0.5, 0.6) is 5.75 Å². The van der Waals surface area contributed by atoms with Gasteiger partial charge in [0, 0.05) is 18.7 Å². The number of carbonyl (C=O) groups is 1. The summed E-state index contributed by atoms with van der Waals surface area (Å²) >= 11 is 0. The van der Waals surface area contributed by atoms with Gasteiger partial charge in [0.1, 0.15) is 5.75 Å². The third-order valence-corrected chi connectivity index (χ3v) is 2.96. The second-order valence-corrected chi connectivity index (χ2v) is 5.51. The van der Waals surface area contributed by atoms with Crippen molar-refractivity contribution in [2.45, 2.75) is 12.8 Å². The molecule has 0 spiro atoms. The molecule has 0 aliphatic carbocycles. The van der Waals surface area contributed by atoms with Gasteiger partial charge in [-0.25, -0.2) is 0 Å². The zero-order valence-corrected chi connectivity index (χ0v) is 10.2. The molecule has 1 aliphatic heterocycles. The second-order valence-electron chi connectivity index (χ2n) is 3.93. The molecule has 1 aromatic rings. The molecule has 5 nitrogen and oxygen atoms in total. The average Bonchev–Trinajstić information content (AvgIpc) is 2.63. The minimum atomic E-state index is -3.50. The van der Waals surface area contributed by atoms with Crippen LogP contribution >= 0.6 is 0 Å². The zero-order chi connectivity index (χ0) is 12.5. The molecule has 1 amide bonds. The van der Waals surface area contributed by atoms with Crippen molar-refractivity contribution in [2.24, 2.45) is 0 Å². The van der Waals surface area contributed by atoms with E-state index in [2.05, 4.69) is 0 Å². The highest BCUT2D eigenvalue weighted by atomic mass is 32.2. The summed E-state index contributed by atoms with van der Waals surface area (Å²) in [7, 11) is -3.50. The molecule has 17 heavy (non-hydrogen) atoms. The van der Waals surface area contributed by atoms with Crippen LogP contribution in [0.1, 0.15) is 12.8 Å². The van der Waals surface area contributed by atoms with Gasteiger partial charge in [0.25, 0.3) is 0 Å². The summed E-state index contributed by atoms with van der Waals surface area (Å²) < 4.78 is 26.5. The third kappa shape index (κ3) is 2.97. The van der Waals surface area contributed by atoms with Crippen LogP contribution in [0, 0.1) is 0 Å². The summed E-state index contributed by atoms with van der Waals surface area (Å²) in [5.41, 5.74) is 0.772. The fraction of sp³-hybridized carbons (Fsp3) is 0.364. The van der Waals surface area contributed by atoms with Gasteiger partial charge in [-0.3, -0.25) is 4.79 Å². The van der Waals surface area contributed by atoms with E-state index in [1.807, 2.05) is 0 Å². The van der Waals surface area contributed by atoms with Crippen molar-refractivity contribution < 1.29 is 17.4 Å². The lowest BCUT2D eigenvalue weighted by Gasteiger charge is -2.15. The fourth-order valence-corrected chi connectivity index (χ4v) is 2.24. The van der Waals surface area contributed by atoms with Crippen LogP contribution in [0.2, 0.25) is 0 Å². The van der Waals surface area contributed by atoms with E-state index < -0.39 is 10.1 Å². The van der Waals surface area contributed by atoms with E-state index in [4.69, 9.17) is 4.18 Å². The average molecular weight is 255 g/mol. The molecule has 1 aromatic carbocycles. The number of rotatable bonds is 3. The number of hydrogen-bond donors (Lipinski definition) is 0. The molecule has 0 atom stereocenters. The molecule has 1 aliphatic rings. The first-order valence-corrected chi connectivity index (χ1v) is 7.07. The van der Waals surface area contributed by atoms with Gasteiger partial charge < -0.3 is 9.08 Å². The maximum absolute atomic E-state index is 11.5. The Morgan fingerprint density at radius 1 is 1.24 bits per heavy atom. The Hall–Kier alpha value is -1.56. The van der Waals surface area contributed by atoms with Crippen LogP contribution in [0.15, 0.2) is 24.3 Å². The molecule has 0 saturated carbocycles. The van der Waals surface area contributed by atoms with Crippen LogP contribution in [-0.4, -0.2) is 27.1 Å². The Kier molecular flexibility index (Phi) is 3.06. The lowest BCUT2D eigenvalue weighted by Crippen LogP contribution is -2.23. The van der Waals surface area contributed by atoms with Crippen LogP contribution in [0.25, 0.3) is 0 Å². The van der Waals surface area contributed by atoms with Gasteiger partial charge >= 0.3 is 10.1 Å². The maximum Gasteiger partial charge on any atom is 0.306 e. The molecule has 2 rings (SSSR count). The van der Waals surface area contributed by atoms with Gasteiger partial charge in [-0.05, 0) is 30.7 Å². The second kappa shape index (κ2) is 4.37. The topological polar surface area (TPSA) is 63.7 Å². The van der Waals surface area contributed by atoms with Crippen molar-refractivity contribution >= 4 is 21.7 Å². The highest BCUT2D eigenvalue weighted by Gasteiger charge is 2.21. The summed E-state index contributed by atoms with van der Waals surface area (Å²) in [5.74, 6) is 0.352. The minimum absolute atomic E-state index is 0.0989. The zero-order valence-electron chi connectivity index (χ0n) is 9.42. The maximum atomic E-state index is 11.5. The summed E-state index contributed by atoms with van der Waals surface area (Å²) in [5, 5.41) is 0. The molecule has 1 fully saturated rings. The van der Waals surface area contributed by atoms with Gasteiger partial charge in [0.15, 0.2) is 0 Å². The van der Waals surface area contributed by atoms with E-state index in [1.54, 1.807) is 29.2 Å². The molecule has 0 bridgehead atoms. The lowest BCUT2D eigenvalue weighted by molar-refractivity contribution is -0.117. The summed E-state index contributed by atoms with van der Waals surface area (Å²) in [6, 6.07) is 6.46. The van der Waals surface area contributed by atoms with Crippen molar-refractivity contribution in [1.82, 2.24) is 0 Å². The van der Waals surface area contributed by atoms with Gasteiger partial charge in [-0.2, -0.15) is 8.42 Å². The van der Waals surface area contributed by atoms with Gasteiger partial charge in [-0.1, -0.05) is 0 Å². The lowest BCUT2D eigenvalue weighted by atomic mass is 10.3. The number of benzene rings is 1. The third-order valence-electron chi connectivity index (χ3n) is 2.47. The minimum Gasteiger partial charge on any atom is -0.383 e. The first-order chi connectivity index (χ1) is 7.96. The van der Waals surface area contributed by atoms with E-state index in [0.717, 1.165) is 18.4 Å². The van der Waals surface area contributed by atoms with Gasteiger partial charge in [-0.15, -0.1) is 0 Å². The first kappa shape index (κ1) is 11.9. The monoisotopic (exact) mass is 255 g/mol. The smallest absolute Gasteiger partial charge is 0.306 e. The van der Waals surface area contributed by atoms with Crippen LogP contribution in [-0.2, 0) is 14.9 Å². The Labute approximate surface area is 100 Å². The summed E-state index contributed by atoms with van der Waals surface area (Å²) in [6.07, 6.45) is 2.42. The molecule has 0 unspecified atom stereocenters. The number of amides is 1. The summed E-state index contributed by atoms with van der Waals surface area (Å²) in [4.78, 5) is 13.2. The standard InChI is InChI=1S/C11H13NO4S/c1-17(14,15)16-10-6-4-9(5-7-10)12-8-2-3-11(12)13/h4-7H,2-3,8H2,1H3. The molecule has 1 saturated heterocycles. The van der Waals surface area contributed by atoms with Crippen molar-refractivity contribution in [3.63, 3.8) is 0 Å². The van der Waals surface area contributed by atoms with E-state index >= 15 is 0 Å². The quantitative estimate of drug-likeness (QED) is 0.760. The normalized spacial score (nSPS) is 16.3. The molecule has 6 heteroatoms. The Balaban J connectivity index is 2.15. The molecule has 1 heterocycles. The molecule has 0 aromatic heterocycles. The largest absolute Gasteiger partial charge is 0.383 e. The Morgan fingerprint density at radius 3 is 2.35 bits per heavy atom. The number of hydrogen-bond acceptors (Lipinski definition) is 4. The predicted molar refractivity (Wildman–Crippen MR) is 63.5 cm³/mol. The molecule has 0 radical (unpaired) electrons. The highest BCUT2D eigenvalue weighted by molar-refractivity contribution is 7.86. The molecular formula is C11H13NO4S. The van der Waals surface area contributed by atoms with E-state index in [0.29, 0.717) is 13.0 Å². The Morgan fingerprint density at radius 2 is 1.88 bits per heavy atom.